The summed E-state index contributed by atoms with van der Waals surface area (Å²) in [5.41, 5.74) is 0. The Morgan fingerprint density at radius 3 is 2.95 bits per heavy atom. The molecule has 7 nitrogen and oxygen atoms in total. The van der Waals surface area contributed by atoms with Crippen LogP contribution < -0.4 is 0 Å². The van der Waals surface area contributed by atoms with Crippen molar-refractivity contribution in [1.29, 1.82) is 0 Å². The number of oxazole rings is 1. The lowest BCUT2D eigenvalue weighted by Crippen LogP contribution is -2.39. The number of imidazole rings is 1. The molecule has 2 aromatic rings. The van der Waals surface area contributed by atoms with Crippen LogP contribution in [-0.2, 0) is 17.1 Å². The van der Waals surface area contributed by atoms with E-state index in [-0.39, 0.29) is 10.9 Å². The molecule has 108 valence electrons. The van der Waals surface area contributed by atoms with Gasteiger partial charge >= 0.3 is 0 Å². The van der Waals surface area contributed by atoms with Crippen LogP contribution >= 0.6 is 0 Å². The maximum atomic E-state index is 12.5. The van der Waals surface area contributed by atoms with E-state index in [0.717, 1.165) is 18.6 Å². The third-order valence-corrected chi connectivity index (χ3v) is 5.27. The van der Waals surface area contributed by atoms with Gasteiger partial charge in [-0.15, -0.1) is 0 Å². The Morgan fingerprint density at radius 2 is 2.30 bits per heavy atom. The molecule has 0 radical (unpaired) electrons. The zero-order valence-electron chi connectivity index (χ0n) is 11.1. The first kappa shape index (κ1) is 13.3. The van der Waals surface area contributed by atoms with Crippen LogP contribution in [0.15, 0.2) is 34.6 Å². The van der Waals surface area contributed by atoms with Crippen molar-refractivity contribution in [2.45, 2.75) is 23.8 Å². The summed E-state index contributed by atoms with van der Waals surface area (Å²) >= 11 is 0. The molecule has 3 rings (SSSR count). The predicted octanol–water partition coefficient (Wildman–Crippen LogP) is 0.976. The summed E-state index contributed by atoms with van der Waals surface area (Å²) in [5, 5.41) is 0.0956. The highest BCUT2D eigenvalue weighted by molar-refractivity contribution is 7.89. The second-order valence-electron chi connectivity index (χ2n) is 4.98. The van der Waals surface area contributed by atoms with Gasteiger partial charge in [-0.05, 0) is 12.8 Å². The molecule has 0 saturated carbocycles. The highest BCUT2D eigenvalue weighted by Crippen LogP contribution is 2.29. The molecule has 1 aliphatic heterocycles. The Kier molecular flexibility index (Phi) is 3.35. The number of rotatable bonds is 3. The van der Waals surface area contributed by atoms with Crippen LogP contribution in [0.2, 0.25) is 0 Å². The maximum absolute atomic E-state index is 12.5. The van der Waals surface area contributed by atoms with E-state index in [4.69, 9.17) is 4.42 Å². The molecular weight excluding hydrogens is 280 g/mol. The van der Waals surface area contributed by atoms with E-state index in [2.05, 4.69) is 9.97 Å². The summed E-state index contributed by atoms with van der Waals surface area (Å²) < 4.78 is 33.4. The SMILES string of the molecule is Cn1cnc(S(=O)(=O)N2CCC[C@H](c3cnco3)C2)c1. The fourth-order valence-electron chi connectivity index (χ4n) is 2.47. The molecule has 1 aliphatic rings. The maximum Gasteiger partial charge on any atom is 0.262 e. The van der Waals surface area contributed by atoms with Crippen molar-refractivity contribution in [3.8, 4) is 0 Å². The van der Waals surface area contributed by atoms with Gasteiger partial charge in [-0.25, -0.2) is 18.4 Å². The van der Waals surface area contributed by atoms with Crippen LogP contribution in [0.4, 0.5) is 0 Å². The van der Waals surface area contributed by atoms with E-state index in [1.807, 2.05) is 0 Å². The monoisotopic (exact) mass is 296 g/mol. The van der Waals surface area contributed by atoms with E-state index in [9.17, 15) is 8.42 Å². The van der Waals surface area contributed by atoms with Crippen molar-refractivity contribution < 1.29 is 12.8 Å². The molecular formula is C12H16N4O3S. The Labute approximate surface area is 117 Å². The first-order valence-electron chi connectivity index (χ1n) is 6.44. The number of aryl methyl sites for hydroxylation is 1. The quantitative estimate of drug-likeness (QED) is 0.843. The normalized spacial score (nSPS) is 21.1. The first-order valence-corrected chi connectivity index (χ1v) is 7.88. The smallest absolute Gasteiger partial charge is 0.262 e. The lowest BCUT2D eigenvalue weighted by atomic mass is 9.98. The van der Waals surface area contributed by atoms with Crippen LogP contribution in [-0.4, -0.2) is 40.3 Å². The van der Waals surface area contributed by atoms with E-state index < -0.39 is 10.0 Å². The van der Waals surface area contributed by atoms with Crippen molar-refractivity contribution in [1.82, 2.24) is 18.8 Å². The van der Waals surface area contributed by atoms with Gasteiger partial charge in [0.1, 0.15) is 5.76 Å². The van der Waals surface area contributed by atoms with Crippen LogP contribution in [0.1, 0.15) is 24.5 Å². The van der Waals surface area contributed by atoms with Crippen molar-refractivity contribution in [2.75, 3.05) is 13.1 Å². The van der Waals surface area contributed by atoms with Crippen LogP contribution in [0.25, 0.3) is 0 Å². The van der Waals surface area contributed by atoms with Crippen molar-refractivity contribution in [3.05, 3.63) is 30.9 Å². The molecule has 3 heterocycles. The molecule has 0 bridgehead atoms. The molecule has 2 aromatic heterocycles. The van der Waals surface area contributed by atoms with Crippen LogP contribution in [0.5, 0.6) is 0 Å². The number of sulfonamides is 1. The van der Waals surface area contributed by atoms with Gasteiger partial charge in [-0.2, -0.15) is 4.31 Å². The van der Waals surface area contributed by atoms with Gasteiger partial charge in [0.05, 0.1) is 12.5 Å². The molecule has 0 aliphatic carbocycles. The second-order valence-corrected chi connectivity index (χ2v) is 6.87. The molecule has 0 spiro atoms. The highest BCUT2D eigenvalue weighted by atomic mass is 32.2. The fraction of sp³-hybridized carbons (Fsp3) is 0.500. The standard InChI is InChI=1S/C12H16N4O3S/c1-15-7-12(14-8-15)20(17,18)16-4-2-3-10(6-16)11-5-13-9-19-11/h5,7-10H,2-4,6H2,1H3/t10-/m0/s1. The van der Waals surface area contributed by atoms with E-state index in [1.165, 1.54) is 23.2 Å². The van der Waals surface area contributed by atoms with Gasteiger partial charge in [0, 0.05) is 32.3 Å². The van der Waals surface area contributed by atoms with Gasteiger partial charge in [0.2, 0.25) is 0 Å². The number of nitrogens with zero attached hydrogens (tertiary/aromatic N) is 4. The fourth-order valence-corrected chi connectivity index (χ4v) is 3.96. The number of piperidine rings is 1. The zero-order valence-corrected chi connectivity index (χ0v) is 12.0. The van der Waals surface area contributed by atoms with E-state index >= 15 is 0 Å². The molecule has 1 fully saturated rings. The Morgan fingerprint density at radius 1 is 1.45 bits per heavy atom. The Balaban J connectivity index is 1.83. The van der Waals surface area contributed by atoms with E-state index in [1.54, 1.807) is 17.8 Å². The molecule has 0 aromatic carbocycles. The van der Waals surface area contributed by atoms with Crippen molar-refractivity contribution in [2.24, 2.45) is 7.05 Å². The third-order valence-electron chi connectivity index (χ3n) is 3.52. The summed E-state index contributed by atoms with van der Waals surface area (Å²) in [6.45, 7) is 0.928. The lowest BCUT2D eigenvalue weighted by Gasteiger charge is -2.30. The minimum Gasteiger partial charge on any atom is -0.448 e. The average molecular weight is 296 g/mol. The van der Waals surface area contributed by atoms with Gasteiger partial charge in [0.25, 0.3) is 10.0 Å². The van der Waals surface area contributed by atoms with Crippen molar-refractivity contribution in [3.63, 3.8) is 0 Å². The largest absolute Gasteiger partial charge is 0.448 e. The Hall–Kier alpha value is -1.67. The summed E-state index contributed by atoms with van der Waals surface area (Å²) in [5.74, 6) is 0.802. The molecule has 1 saturated heterocycles. The van der Waals surface area contributed by atoms with Gasteiger partial charge < -0.3 is 8.98 Å². The zero-order chi connectivity index (χ0) is 14.2. The number of hydrogen-bond donors (Lipinski definition) is 0. The molecule has 1 atom stereocenters. The first-order chi connectivity index (χ1) is 9.57. The number of hydrogen-bond acceptors (Lipinski definition) is 5. The van der Waals surface area contributed by atoms with Gasteiger partial charge in [0.15, 0.2) is 11.4 Å². The minimum atomic E-state index is -3.53. The highest BCUT2D eigenvalue weighted by Gasteiger charge is 2.33. The second kappa shape index (κ2) is 5.02. The minimum absolute atomic E-state index is 0.0599. The molecule has 8 heteroatoms. The average Bonchev–Trinajstić information content (AvgIpc) is 3.10. The molecule has 20 heavy (non-hydrogen) atoms. The molecule has 0 unspecified atom stereocenters. The van der Waals surface area contributed by atoms with Crippen LogP contribution in [0, 0.1) is 0 Å². The third kappa shape index (κ3) is 2.36. The van der Waals surface area contributed by atoms with E-state index in [0.29, 0.717) is 13.1 Å². The van der Waals surface area contributed by atoms with Crippen LogP contribution in [0.3, 0.4) is 0 Å². The van der Waals surface area contributed by atoms with Gasteiger partial charge in [-0.1, -0.05) is 0 Å². The predicted molar refractivity (Wildman–Crippen MR) is 70.4 cm³/mol. The summed E-state index contributed by atoms with van der Waals surface area (Å²) in [6.07, 6.45) is 7.75. The summed E-state index contributed by atoms with van der Waals surface area (Å²) in [7, 11) is -1.78. The molecule has 0 amide bonds. The number of aromatic nitrogens is 3. The summed E-state index contributed by atoms with van der Waals surface area (Å²) in [6, 6.07) is 0. The lowest BCUT2D eigenvalue weighted by molar-refractivity contribution is 0.290. The summed E-state index contributed by atoms with van der Waals surface area (Å²) in [4.78, 5) is 7.84. The van der Waals surface area contributed by atoms with Crippen molar-refractivity contribution >= 4 is 10.0 Å². The topological polar surface area (TPSA) is 81.2 Å². The Bertz CT molecular complexity index is 677. The molecule has 0 N–H and O–H groups in total. The van der Waals surface area contributed by atoms with Gasteiger partial charge in [-0.3, -0.25) is 0 Å².